The Labute approximate surface area is 90.7 Å². The summed E-state index contributed by atoms with van der Waals surface area (Å²) in [5.74, 6) is 0. The van der Waals surface area contributed by atoms with Gasteiger partial charge in [-0.1, -0.05) is 13.8 Å². The van der Waals surface area contributed by atoms with Crippen LogP contribution in [0, 0.1) is 0 Å². The quantitative estimate of drug-likeness (QED) is 0.687. The van der Waals surface area contributed by atoms with Gasteiger partial charge in [0.05, 0.1) is 12.4 Å². The first-order chi connectivity index (χ1) is 7.47. The third kappa shape index (κ3) is 3.67. The van der Waals surface area contributed by atoms with Crippen LogP contribution in [0.25, 0.3) is 0 Å². The summed E-state index contributed by atoms with van der Waals surface area (Å²) in [4.78, 5) is 7.90. The molecule has 3 rings (SSSR count). The van der Waals surface area contributed by atoms with Crippen molar-refractivity contribution in [2.45, 2.75) is 20.5 Å². The van der Waals surface area contributed by atoms with E-state index in [1.807, 2.05) is 38.5 Å². The smallest absolute Gasteiger partial charge is 0.114 e. The second kappa shape index (κ2) is 6.95. The average molecular weight is 206 g/mol. The molecule has 0 fully saturated rings. The lowest BCUT2D eigenvalue weighted by Gasteiger charge is -1.88. The number of hydrogen-bond donors (Lipinski definition) is 1. The molecule has 0 bridgehead atoms. The fourth-order valence-electron chi connectivity index (χ4n) is 1.22. The van der Waals surface area contributed by atoms with Crippen molar-refractivity contribution < 1.29 is 0 Å². The number of nitrogens with one attached hydrogen (secondary N) is 1. The highest BCUT2D eigenvalue weighted by Crippen LogP contribution is 2.04. The Hall–Kier alpha value is -1.42. The van der Waals surface area contributed by atoms with Gasteiger partial charge >= 0.3 is 0 Å². The summed E-state index contributed by atoms with van der Waals surface area (Å²) < 4.78 is 2.10. The highest BCUT2D eigenvalue weighted by atomic mass is 15.1. The summed E-state index contributed by atoms with van der Waals surface area (Å²) in [6.07, 6.45) is 5.79. The molecule has 4 heteroatoms. The van der Waals surface area contributed by atoms with E-state index in [0.29, 0.717) is 0 Å². The average Bonchev–Trinajstić information content (AvgIpc) is 3.01. The fraction of sp³-hybridized carbons (Fsp3) is 0.455. The second-order valence-electron chi connectivity index (χ2n) is 2.83. The summed E-state index contributed by atoms with van der Waals surface area (Å²) in [7, 11) is 0. The Balaban J connectivity index is 0.000000140. The lowest BCUT2D eigenvalue weighted by atomic mass is 10.5. The minimum Gasteiger partial charge on any atom is -0.327 e. The predicted octanol–water partition coefficient (Wildman–Crippen LogP) is 1.52. The van der Waals surface area contributed by atoms with E-state index < -0.39 is 0 Å². The van der Waals surface area contributed by atoms with Gasteiger partial charge in [0.2, 0.25) is 0 Å². The van der Waals surface area contributed by atoms with Gasteiger partial charge in [-0.25, -0.2) is 0 Å². The third-order valence-corrected chi connectivity index (χ3v) is 1.89. The van der Waals surface area contributed by atoms with Crippen molar-refractivity contribution in [1.82, 2.24) is 9.88 Å². The van der Waals surface area contributed by atoms with E-state index in [1.54, 1.807) is 0 Å². The van der Waals surface area contributed by atoms with E-state index in [9.17, 15) is 0 Å². The van der Waals surface area contributed by atoms with E-state index in [1.165, 1.54) is 5.69 Å². The van der Waals surface area contributed by atoms with Gasteiger partial charge in [0.25, 0.3) is 0 Å². The number of aliphatic imine (C=N–C) groups is 2. The Morgan fingerprint density at radius 1 is 1.33 bits per heavy atom. The molecule has 1 aromatic heterocycles. The molecule has 82 valence electrons. The topological polar surface area (TPSA) is 41.7 Å². The summed E-state index contributed by atoms with van der Waals surface area (Å²) in [5, 5.41) is 3.00. The lowest BCUT2D eigenvalue weighted by molar-refractivity contribution is 0.767. The maximum Gasteiger partial charge on any atom is 0.114 e. The van der Waals surface area contributed by atoms with Gasteiger partial charge in [-0.3, -0.25) is 15.3 Å². The van der Waals surface area contributed by atoms with E-state index >= 15 is 0 Å². The highest BCUT2D eigenvalue weighted by Gasteiger charge is 1.99. The minimum absolute atomic E-state index is 0.808. The number of rotatable bonds is 0. The molecule has 0 saturated heterocycles. The zero-order chi connectivity index (χ0) is 10.9. The van der Waals surface area contributed by atoms with Crippen LogP contribution in [-0.2, 0) is 6.67 Å². The molecule has 0 radical (unpaired) electrons. The van der Waals surface area contributed by atoms with Crippen LogP contribution in [0.4, 0.5) is 0 Å². The first-order valence-electron chi connectivity index (χ1n) is 5.31. The maximum atomic E-state index is 4.05. The van der Waals surface area contributed by atoms with Crippen LogP contribution < -0.4 is 5.32 Å². The molecule has 1 aromatic rings. The van der Waals surface area contributed by atoms with Crippen LogP contribution in [-0.4, -0.2) is 30.2 Å². The van der Waals surface area contributed by atoms with E-state index in [-0.39, 0.29) is 0 Å². The van der Waals surface area contributed by atoms with Gasteiger partial charge in [-0.05, 0) is 12.1 Å². The Morgan fingerprint density at radius 3 is 2.73 bits per heavy atom. The van der Waals surface area contributed by atoms with Gasteiger partial charge in [-0.2, -0.15) is 0 Å². The molecule has 0 aliphatic carbocycles. The van der Waals surface area contributed by atoms with Gasteiger partial charge < -0.3 is 4.57 Å². The molecule has 2 aliphatic rings. The number of hydrogen-bond acceptors (Lipinski definition) is 3. The van der Waals surface area contributed by atoms with Crippen molar-refractivity contribution in [3.8, 4) is 0 Å². The lowest BCUT2D eigenvalue weighted by Crippen LogP contribution is -2.06. The largest absolute Gasteiger partial charge is 0.327 e. The Bertz CT molecular complexity index is 319. The predicted molar refractivity (Wildman–Crippen MR) is 64.7 cm³/mol. The molecule has 4 nitrogen and oxygen atoms in total. The van der Waals surface area contributed by atoms with Crippen LogP contribution >= 0.6 is 0 Å². The summed E-state index contributed by atoms with van der Waals surface area (Å²) in [6.45, 7) is 6.59. The van der Waals surface area contributed by atoms with E-state index in [2.05, 4.69) is 25.9 Å². The van der Waals surface area contributed by atoms with Crippen molar-refractivity contribution in [1.29, 1.82) is 0 Å². The van der Waals surface area contributed by atoms with Crippen molar-refractivity contribution in [2.24, 2.45) is 9.98 Å². The number of nitrogens with zero attached hydrogens (tertiary/aromatic N) is 3. The molecular weight excluding hydrogens is 188 g/mol. The molecule has 3 heterocycles. The van der Waals surface area contributed by atoms with E-state index in [4.69, 9.17) is 0 Å². The van der Waals surface area contributed by atoms with Gasteiger partial charge in [0, 0.05) is 25.2 Å². The first kappa shape index (κ1) is 11.7. The van der Waals surface area contributed by atoms with Gasteiger partial charge in [0.15, 0.2) is 0 Å². The summed E-state index contributed by atoms with van der Waals surface area (Å²) in [5.41, 5.74) is 1.21. The molecule has 0 atom stereocenters. The summed E-state index contributed by atoms with van der Waals surface area (Å²) >= 11 is 0. The van der Waals surface area contributed by atoms with Crippen LogP contribution in [0.15, 0.2) is 28.3 Å². The minimum atomic E-state index is 0.808. The highest BCUT2D eigenvalue weighted by molar-refractivity contribution is 5.78. The fourth-order valence-corrected chi connectivity index (χ4v) is 1.22. The van der Waals surface area contributed by atoms with E-state index in [0.717, 1.165) is 19.9 Å². The van der Waals surface area contributed by atoms with Crippen LogP contribution in [0.2, 0.25) is 0 Å². The van der Waals surface area contributed by atoms with Crippen molar-refractivity contribution in [3.63, 3.8) is 0 Å². The molecule has 2 aliphatic heterocycles. The second-order valence-corrected chi connectivity index (χ2v) is 2.83. The zero-order valence-electron chi connectivity index (χ0n) is 9.35. The SMILES string of the molecule is C1=NCNC1.C1=NCn2cccc21.CC. The molecular formula is C11H18N4. The van der Waals surface area contributed by atoms with Gasteiger partial charge in [-0.15, -0.1) is 0 Å². The molecule has 0 aromatic carbocycles. The molecule has 0 unspecified atom stereocenters. The third-order valence-electron chi connectivity index (χ3n) is 1.89. The van der Waals surface area contributed by atoms with Crippen molar-refractivity contribution >= 4 is 12.4 Å². The number of fused-ring (bicyclic) bond motifs is 1. The van der Waals surface area contributed by atoms with Crippen molar-refractivity contribution in [3.05, 3.63) is 24.0 Å². The Kier molecular flexibility index (Phi) is 5.40. The molecule has 0 amide bonds. The summed E-state index contributed by atoms with van der Waals surface area (Å²) in [6, 6.07) is 4.08. The maximum absolute atomic E-state index is 4.05. The zero-order valence-corrected chi connectivity index (χ0v) is 9.35. The normalized spacial score (nSPS) is 15.1. The standard InChI is InChI=1S/C6H6N2.C3H6N2.C2H6/c1-2-6-4-7-5-8(6)3-1;1-2-5-3-4-1;1-2/h1-4H,5H2;1,5H,2-3H2;1-2H3. The molecule has 0 saturated carbocycles. The van der Waals surface area contributed by atoms with Crippen LogP contribution in [0.3, 0.4) is 0 Å². The molecule has 1 N–H and O–H groups in total. The van der Waals surface area contributed by atoms with Crippen molar-refractivity contribution in [2.75, 3.05) is 13.2 Å². The number of aromatic nitrogens is 1. The first-order valence-corrected chi connectivity index (χ1v) is 5.31. The molecule has 15 heavy (non-hydrogen) atoms. The van der Waals surface area contributed by atoms with Crippen LogP contribution in [0.1, 0.15) is 19.5 Å². The molecule has 0 spiro atoms. The Morgan fingerprint density at radius 2 is 2.20 bits per heavy atom. The van der Waals surface area contributed by atoms with Gasteiger partial charge in [0.1, 0.15) is 6.67 Å². The monoisotopic (exact) mass is 206 g/mol. The van der Waals surface area contributed by atoms with Crippen LogP contribution in [0.5, 0.6) is 0 Å².